The molecule has 2 unspecified atom stereocenters. The number of likely N-dealkylation sites (tertiary alicyclic amines) is 1. The van der Waals surface area contributed by atoms with Gasteiger partial charge in [-0.1, -0.05) is 0 Å². The zero-order valence-corrected chi connectivity index (χ0v) is 13.0. The van der Waals surface area contributed by atoms with E-state index < -0.39 is 55.0 Å². The molecule has 0 amide bonds. The van der Waals surface area contributed by atoms with Crippen LogP contribution in [0.1, 0.15) is 0 Å². The maximum atomic E-state index is 11.7. The SMILES string of the molecule is C[N+]1(C)CC(CS(=O)(=O)[O-])C(CS(=O)(=O)CC(=O)O)C1. The fourth-order valence-electron chi connectivity index (χ4n) is 2.86. The van der Waals surface area contributed by atoms with Gasteiger partial charge in [0.25, 0.3) is 0 Å². The number of sulfone groups is 1. The molecule has 0 aromatic carbocycles. The monoisotopic (exact) mass is 329 g/mol. The lowest BCUT2D eigenvalue weighted by Gasteiger charge is -2.23. The summed E-state index contributed by atoms with van der Waals surface area (Å²) < 4.78 is 56.5. The minimum atomic E-state index is -4.44. The van der Waals surface area contributed by atoms with Gasteiger partial charge in [0.15, 0.2) is 9.84 Å². The maximum absolute atomic E-state index is 11.7. The Kier molecular flexibility index (Phi) is 4.84. The van der Waals surface area contributed by atoms with Crippen molar-refractivity contribution in [2.45, 2.75) is 0 Å². The molecule has 10 heteroatoms. The Balaban J connectivity index is 2.88. The van der Waals surface area contributed by atoms with E-state index in [1.54, 1.807) is 0 Å². The second kappa shape index (κ2) is 5.58. The third-order valence-corrected chi connectivity index (χ3v) is 5.81. The number of hydrogen-bond acceptors (Lipinski definition) is 6. The van der Waals surface area contributed by atoms with Crippen molar-refractivity contribution >= 4 is 25.9 Å². The number of aliphatic carboxylic acids is 1. The van der Waals surface area contributed by atoms with Crippen molar-refractivity contribution in [1.29, 1.82) is 0 Å². The lowest BCUT2D eigenvalue weighted by atomic mass is 10.0. The van der Waals surface area contributed by atoms with Crippen LogP contribution in [-0.4, -0.2) is 81.4 Å². The third kappa shape index (κ3) is 5.73. The molecule has 0 aromatic heterocycles. The quantitative estimate of drug-likeness (QED) is 0.457. The van der Waals surface area contributed by atoms with Gasteiger partial charge in [-0.3, -0.25) is 4.79 Å². The van der Waals surface area contributed by atoms with Crippen molar-refractivity contribution in [1.82, 2.24) is 0 Å². The first-order valence-electron chi connectivity index (χ1n) is 5.97. The van der Waals surface area contributed by atoms with E-state index in [4.69, 9.17) is 5.11 Å². The van der Waals surface area contributed by atoms with Crippen LogP contribution in [0.15, 0.2) is 0 Å². The molecule has 0 aromatic rings. The van der Waals surface area contributed by atoms with Crippen LogP contribution in [0.2, 0.25) is 0 Å². The van der Waals surface area contributed by atoms with Gasteiger partial charge in [0.2, 0.25) is 0 Å². The molecule has 1 N–H and O–H groups in total. The van der Waals surface area contributed by atoms with Crippen molar-refractivity contribution in [3.05, 3.63) is 0 Å². The van der Waals surface area contributed by atoms with Gasteiger partial charge in [-0.15, -0.1) is 0 Å². The van der Waals surface area contributed by atoms with Crippen LogP contribution in [0.4, 0.5) is 0 Å². The van der Waals surface area contributed by atoms with Crippen LogP contribution in [0, 0.1) is 11.8 Å². The normalized spacial score (nSPS) is 26.6. The lowest BCUT2D eigenvalue weighted by Crippen LogP contribution is -2.37. The van der Waals surface area contributed by atoms with Crippen LogP contribution >= 0.6 is 0 Å². The van der Waals surface area contributed by atoms with E-state index in [9.17, 15) is 26.2 Å². The van der Waals surface area contributed by atoms with Crippen molar-refractivity contribution < 1.29 is 35.8 Å². The Labute approximate surface area is 118 Å². The molecule has 0 radical (unpaired) electrons. The standard InChI is InChI=1S/C10H19NO7S2/c1-11(2)3-8(5-19(14,15)7-10(12)13)9(4-11)6-20(16,17)18/h8-9H,3-7H2,1-2H3,(H-,12,13,16,17,18). The molecule has 20 heavy (non-hydrogen) atoms. The van der Waals surface area contributed by atoms with Gasteiger partial charge < -0.3 is 14.1 Å². The van der Waals surface area contributed by atoms with Gasteiger partial charge in [-0.2, -0.15) is 0 Å². The van der Waals surface area contributed by atoms with Gasteiger partial charge in [-0.25, -0.2) is 16.8 Å². The summed E-state index contributed by atoms with van der Waals surface area (Å²) in [4.78, 5) is 10.5. The topological polar surface area (TPSA) is 129 Å². The van der Waals surface area contributed by atoms with Crippen LogP contribution in [-0.2, 0) is 24.7 Å². The number of quaternary nitrogens is 1. The molecule has 1 aliphatic heterocycles. The van der Waals surface area contributed by atoms with E-state index in [1.807, 2.05) is 14.1 Å². The number of hydrogen-bond donors (Lipinski definition) is 1. The molecule has 1 fully saturated rings. The predicted octanol–water partition coefficient (Wildman–Crippen LogP) is -1.65. The van der Waals surface area contributed by atoms with Crippen molar-refractivity contribution in [2.24, 2.45) is 11.8 Å². The molecule has 0 saturated carbocycles. The summed E-state index contributed by atoms with van der Waals surface area (Å²) in [5.41, 5.74) is 0. The lowest BCUT2D eigenvalue weighted by molar-refractivity contribution is -0.880. The fraction of sp³-hybridized carbons (Fsp3) is 0.900. The Morgan fingerprint density at radius 3 is 2.00 bits per heavy atom. The number of rotatable bonds is 6. The number of carboxylic acid groups (broad SMARTS) is 1. The summed E-state index contributed by atoms with van der Waals surface area (Å²) in [6.45, 7) is 0.785. The molecular formula is C10H19NO7S2. The Morgan fingerprint density at radius 2 is 1.60 bits per heavy atom. The maximum Gasteiger partial charge on any atom is 0.318 e. The molecule has 0 spiro atoms. The van der Waals surface area contributed by atoms with E-state index in [2.05, 4.69) is 0 Å². The number of nitrogens with zero attached hydrogens (tertiary/aromatic N) is 1. The molecule has 8 nitrogen and oxygen atoms in total. The van der Waals surface area contributed by atoms with Gasteiger partial charge in [0, 0.05) is 17.6 Å². The highest BCUT2D eigenvalue weighted by Crippen LogP contribution is 2.29. The highest BCUT2D eigenvalue weighted by Gasteiger charge is 2.43. The van der Waals surface area contributed by atoms with E-state index in [0.29, 0.717) is 17.6 Å². The Morgan fingerprint density at radius 1 is 1.15 bits per heavy atom. The minimum Gasteiger partial charge on any atom is -0.748 e. The van der Waals surface area contributed by atoms with Crippen LogP contribution in [0.3, 0.4) is 0 Å². The summed E-state index contributed by atoms with van der Waals surface area (Å²) in [6.07, 6.45) is 0. The van der Waals surface area contributed by atoms with Crippen LogP contribution in [0.25, 0.3) is 0 Å². The number of carboxylic acids is 1. The highest BCUT2D eigenvalue weighted by atomic mass is 32.2. The van der Waals surface area contributed by atoms with Crippen molar-refractivity contribution in [2.75, 3.05) is 44.4 Å². The van der Waals surface area contributed by atoms with Gasteiger partial charge >= 0.3 is 5.97 Å². The molecule has 1 rings (SSSR count). The van der Waals surface area contributed by atoms with Gasteiger partial charge in [-0.05, 0) is 0 Å². The average molecular weight is 329 g/mol. The van der Waals surface area contributed by atoms with Crippen molar-refractivity contribution in [3.8, 4) is 0 Å². The molecule has 0 aliphatic carbocycles. The first kappa shape index (κ1) is 17.3. The summed E-state index contributed by atoms with van der Waals surface area (Å²) in [7, 11) is -4.62. The molecule has 0 bridgehead atoms. The summed E-state index contributed by atoms with van der Waals surface area (Å²) in [5.74, 6) is -4.50. The second-order valence-electron chi connectivity index (χ2n) is 5.99. The molecule has 1 saturated heterocycles. The van der Waals surface area contributed by atoms with E-state index in [1.165, 1.54) is 0 Å². The average Bonchev–Trinajstić information content (AvgIpc) is 2.33. The first-order valence-corrected chi connectivity index (χ1v) is 9.37. The van der Waals surface area contributed by atoms with E-state index in [0.717, 1.165) is 0 Å². The molecule has 2 atom stereocenters. The largest absolute Gasteiger partial charge is 0.748 e. The summed E-state index contributed by atoms with van der Waals surface area (Å²) in [6, 6.07) is 0. The number of carbonyl (C=O) groups is 1. The minimum absolute atomic E-state index is 0.384. The molecule has 118 valence electrons. The molecule has 1 aliphatic rings. The third-order valence-electron chi connectivity index (χ3n) is 3.35. The summed E-state index contributed by atoms with van der Waals surface area (Å²) >= 11 is 0. The highest BCUT2D eigenvalue weighted by molar-refractivity contribution is 7.92. The Hall–Kier alpha value is -0.710. The first-order chi connectivity index (χ1) is 8.80. The van der Waals surface area contributed by atoms with Gasteiger partial charge in [0.1, 0.15) is 5.75 Å². The Bertz CT molecular complexity index is 579. The van der Waals surface area contributed by atoms with E-state index >= 15 is 0 Å². The molecular weight excluding hydrogens is 310 g/mol. The fourth-order valence-corrected chi connectivity index (χ4v) is 5.28. The summed E-state index contributed by atoms with van der Waals surface area (Å²) in [5, 5.41) is 8.55. The smallest absolute Gasteiger partial charge is 0.318 e. The predicted molar refractivity (Wildman–Crippen MR) is 69.7 cm³/mol. The van der Waals surface area contributed by atoms with Crippen LogP contribution in [0.5, 0.6) is 0 Å². The zero-order valence-electron chi connectivity index (χ0n) is 11.4. The van der Waals surface area contributed by atoms with Gasteiger partial charge in [0.05, 0.1) is 43.1 Å². The van der Waals surface area contributed by atoms with E-state index in [-0.39, 0.29) is 0 Å². The second-order valence-corrected chi connectivity index (χ2v) is 9.55. The van der Waals surface area contributed by atoms with Crippen LogP contribution < -0.4 is 0 Å². The van der Waals surface area contributed by atoms with Crippen molar-refractivity contribution in [3.63, 3.8) is 0 Å². The molecule has 1 heterocycles. The zero-order chi connectivity index (χ0) is 15.8.